The number of benzene rings is 6. The maximum absolute atomic E-state index is 16.5. The molecule has 0 spiro atoms. The van der Waals surface area contributed by atoms with Crippen LogP contribution in [-0.2, 0) is 73.3 Å². The lowest BCUT2D eigenvalue weighted by Crippen LogP contribution is -2.66. The Bertz CT molecular complexity index is 5160. The predicted octanol–water partition coefficient (Wildman–Crippen LogP) is 4.90. The van der Waals surface area contributed by atoms with Crippen LogP contribution in [-0.4, -0.2) is 223 Å². The van der Waals surface area contributed by atoms with Crippen LogP contribution in [0.2, 0.25) is 15.1 Å². The highest BCUT2D eigenvalue weighted by atomic mass is 35.5. The van der Waals surface area contributed by atoms with E-state index in [1.54, 1.807) is 13.8 Å². The van der Waals surface area contributed by atoms with Gasteiger partial charge in [-0.3, -0.25) is 38.5 Å². The second-order valence-electron chi connectivity index (χ2n) is 30.6. The molecular formula is C84H93Cl3N10O28. The van der Waals surface area contributed by atoms with E-state index < -0.39 is 273 Å². The molecule has 668 valence electrons. The van der Waals surface area contributed by atoms with E-state index in [9.17, 15) is 69.9 Å². The number of aromatic hydroxyl groups is 4. The van der Waals surface area contributed by atoms with Crippen molar-refractivity contribution >= 4 is 94.3 Å². The lowest BCUT2D eigenvalue weighted by Gasteiger charge is -2.48. The number of amides is 9. The number of aliphatic hydroxyl groups excluding tert-OH is 5. The number of carbonyl (C=O) groups excluding carboxylic acids is 10. The number of nitrogens with one attached hydrogen (secondary N) is 8. The molecule has 38 nitrogen and oxygen atoms in total. The third kappa shape index (κ3) is 21.7. The number of likely N-dealkylation sites (N-methyl/N-ethyl adjacent to an activating group) is 1. The Morgan fingerprint density at radius 1 is 0.664 bits per heavy atom. The molecule has 0 radical (unpaired) electrons. The molecular weight excluding hydrogens is 1700 g/mol. The highest BCUT2D eigenvalue weighted by Gasteiger charge is 2.53. The van der Waals surface area contributed by atoms with Gasteiger partial charge in [0.15, 0.2) is 29.9 Å². The molecule has 13 rings (SSSR count). The van der Waals surface area contributed by atoms with Gasteiger partial charge in [0, 0.05) is 59.9 Å². The van der Waals surface area contributed by atoms with Crippen molar-refractivity contribution in [3.63, 3.8) is 0 Å². The molecule has 0 aliphatic carbocycles. The SMILES string of the molecule is C=CCOC(=O)NC1(C)CC(OC2C(Oc3c4cc5cc3Oc3ccc(cc3Cl)[C@@H](O)[C@@H](NC(=O)[C@H](CC(C)C)N(C)C(=O)OCC=C)C(=O)N[C@@H](CC(N)=O)C(=O)NC5C(=O)NC3C(=O)N[C@H](C(=O)N[C@@H](C(=O)OCC=C)c5cc(O)cc(O)c5-c5cc3ccc5O)[C@H](O)c3ccc(c(Cl)c3)O4)OC(CNCc3cc(Cl)ccc3O)C(O)C2O)OC(C)C1O. The Kier molecular flexibility index (Phi) is 30.2. The fourth-order valence-corrected chi connectivity index (χ4v) is 15.3. The monoisotopic (exact) mass is 1790 g/mol. The molecule has 2 saturated heterocycles. The first-order chi connectivity index (χ1) is 59.3. The number of phenolic OH excluding ortho intramolecular Hbond substituents is 4. The first kappa shape index (κ1) is 93.6. The molecule has 125 heavy (non-hydrogen) atoms. The van der Waals surface area contributed by atoms with E-state index in [0.717, 1.165) is 83.8 Å². The van der Waals surface area contributed by atoms with Gasteiger partial charge < -0.3 is 137 Å². The lowest BCUT2D eigenvalue weighted by molar-refractivity contribution is -0.331. The maximum Gasteiger partial charge on any atom is 0.410 e. The van der Waals surface area contributed by atoms with Crippen LogP contribution in [0.1, 0.15) is 111 Å². The minimum Gasteiger partial charge on any atom is -0.508 e. The van der Waals surface area contributed by atoms with Crippen LogP contribution in [0.15, 0.2) is 135 Å². The quantitative estimate of drug-likeness (QED) is 0.0230. The first-order valence-electron chi connectivity index (χ1n) is 39.0. The Morgan fingerprint density at radius 3 is 1.91 bits per heavy atom. The molecule has 7 aliphatic rings. The number of hydrogen-bond donors (Lipinski definition) is 18. The summed E-state index contributed by atoms with van der Waals surface area (Å²) in [4.78, 5) is 149. The number of fused-ring (bicyclic) bond motifs is 15. The predicted molar refractivity (Wildman–Crippen MR) is 441 cm³/mol. The molecule has 18 atom stereocenters. The summed E-state index contributed by atoms with van der Waals surface area (Å²) in [6.07, 6.45) is -18.7. The fraction of sp³-hybridized carbons (Fsp3) is 0.381. The van der Waals surface area contributed by atoms with E-state index in [0.29, 0.717) is 0 Å². The number of nitrogens with zero attached hydrogens (tertiary/aromatic N) is 1. The second-order valence-corrected chi connectivity index (χ2v) is 31.8. The number of ether oxygens (including phenoxy) is 9. The number of esters is 1. The topological polar surface area (TPSA) is 561 Å². The summed E-state index contributed by atoms with van der Waals surface area (Å²) in [5, 5.41) is 127. The van der Waals surface area contributed by atoms with Gasteiger partial charge in [-0.15, -0.1) is 0 Å². The molecule has 0 aromatic heterocycles. The van der Waals surface area contributed by atoms with Gasteiger partial charge in [0.2, 0.25) is 53.4 Å². The number of carbonyl (C=O) groups is 10. The van der Waals surface area contributed by atoms with Crippen LogP contribution >= 0.6 is 34.8 Å². The molecule has 41 heteroatoms. The normalized spacial score (nSPS) is 25.7. The number of phenols is 4. The molecule has 0 saturated carbocycles. The van der Waals surface area contributed by atoms with Gasteiger partial charge in [0.1, 0.15) is 127 Å². The largest absolute Gasteiger partial charge is 0.508 e. The summed E-state index contributed by atoms with van der Waals surface area (Å²) < 4.78 is 55.8. The summed E-state index contributed by atoms with van der Waals surface area (Å²) >= 11 is 20.8. The van der Waals surface area contributed by atoms with Crippen molar-refractivity contribution in [3.8, 4) is 62.9 Å². The molecule has 9 amide bonds. The summed E-state index contributed by atoms with van der Waals surface area (Å²) in [7, 11) is 1.23. The summed E-state index contributed by atoms with van der Waals surface area (Å²) in [6.45, 7) is 15.4. The molecule has 7 aliphatic heterocycles. The second kappa shape index (κ2) is 40.3. The lowest BCUT2D eigenvalue weighted by atomic mass is 9.85. The average Bonchev–Trinajstić information content (AvgIpc) is 0.769. The zero-order chi connectivity index (χ0) is 90.9. The zero-order valence-corrected chi connectivity index (χ0v) is 69.8. The van der Waals surface area contributed by atoms with Crippen LogP contribution in [0.5, 0.6) is 51.7 Å². The Labute approximate surface area is 728 Å². The molecule has 11 unspecified atom stereocenters. The van der Waals surface area contributed by atoms with Crippen molar-refractivity contribution in [2.75, 3.05) is 33.4 Å². The molecule has 2 fully saturated rings. The van der Waals surface area contributed by atoms with Gasteiger partial charge in [0.25, 0.3) is 0 Å². The number of primary amides is 1. The molecule has 6 aromatic rings. The van der Waals surface area contributed by atoms with E-state index in [4.69, 9.17) is 83.2 Å². The van der Waals surface area contributed by atoms with E-state index in [-0.39, 0.29) is 65.1 Å². The third-order valence-electron chi connectivity index (χ3n) is 21.0. The van der Waals surface area contributed by atoms with Crippen molar-refractivity contribution < 1.29 is 137 Å². The highest BCUT2D eigenvalue weighted by Crippen LogP contribution is 2.50. The summed E-state index contributed by atoms with van der Waals surface area (Å²) in [5.41, 5.74) is 1.53. The Hall–Kier alpha value is -12.1. The van der Waals surface area contributed by atoms with Gasteiger partial charge in [-0.1, -0.05) is 105 Å². The number of alkyl carbamates (subject to hydrolysis) is 1. The number of rotatable bonds is 23. The molecule has 6 aromatic carbocycles. The van der Waals surface area contributed by atoms with E-state index in [1.165, 1.54) is 57.3 Å². The van der Waals surface area contributed by atoms with Crippen LogP contribution in [0, 0.1) is 5.92 Å². The van der Waals surface area contributed by atoms with Crippen LogP contribution in [0.4, 0.5) is 9.59 Å². The smallest absolute Gasteiger partial charge is 0.410 e. The number of nitrogens with two attached hydrogens (primary N) is 1. The molecule has 19 N–H and O–H groups in total. The number of aliphatic hydroxyl groups is 5. The minimum absolute atomic E-state index is 0.0984. The molecule has 7 heterocycles. The van der Waals surface area contributed by atoms with Crippen molar-refractivity contribution in [3.05, 3.63) is 183 Å². The van der Waals surface area contributed by atoms with Gasteiger partial charge in [0.05, 0.1) is 28.1 Å². The van der Waals surface area contributed by atoms with Gasteiger partial charge >= 0.3 is 18.2 Å². The standard InChI is InChI=1S/C84H93Cl3N10O28/c1-9-20-117-80(114)64-46-30-44(98)31-53(101)61(46)45-25-38(12-16-52(45)100)62-76(110)95-66(79(113)93-64)68(104)40-14-19-55(48(87)27-40)122-57-29-41-28-56(71(57)125-81-72(124-60-33-84(7,73(107)37(6)120-60)96-82(115)118-21-10-2)70(106)69(105)58(123-81)35-89-34-42-24-43(85)15-17-51(42)99)121-54-18-13-39(26-47(54)86)67(103)65(94-75(109)50(23-36(4)5)97(8)83(116)119-22-11-3)78(112)90-49(32-59(88)102)74(108)91-63(41)77(111)92-62/h9-19,24-31,36-37,49-50,58,60,62-70,72-73,81,89,98-101,103-107H,1-3,20-23,32-35H2,4-8H3,(H2,88,102)(H,90,112)(H,91,108)(H,92,111)(H,93,113)(H,94,109)(H,95,110)(H,96,115)/t37?,49-,50-,58?,60?,62?,63?,64+,65+,66-,67+,68+,69?,70?,72?,73?,81?,84?/m0/s1. The Morgan fingerprint density at radius 2 is 1.27 bits per heavy atom. The number of halogens is 3. The zero-order valence-electron chi connectivity index (χ0n) is 67.6. The van der Waals surface area contributed by atoms with Gasteiger partial charge in [-0.05, 0) is 121 Å². The first-order valence-corrected chi connectivity index (χ1v) is 40.1. The Balaban J connectivity index is 1.16. The van der Waals surface area contributed by atoms with Crippen molar-refractivity contribution in [1.29, 1.82) is 0 Å². The van der Waals surface area contributed by atoms with Gasteiger partial charge in [-0.25, -0.2) is 14.4 Å². The number of hydrogen-bond acceptors (Lipinski definition) is 29. The fourth-order valence-electron chi connectivity index (χ4n) is 14.7. The minimum atomic E-state index is -2.45. The van der Waals surface area contributed by atoms with Crippen LogP contribution < -0.4 is 62.5 Å². The van der Waals surface area contributed by atoms with E-state index in [1.807, 2.05) is 0 Å². The average molecular weight is 1800 g/mol. The van der Waals surface area contributed by atoms with Crippen molar-refractivity contribution in [2.45, 2.75) is 163 Å². The van der Waals surface area contributed by atoms with Crippen LogP contribution in [0.25, 0.3) is 11.1 Å². The van der Waals surface area contributed by atoms with Gasteiger partial charge in [-0.2, -0.15) is 0 Å². The highest BCUT2D eigenvalue weighted by molar-refractivity contribution is 6.32. The maximum atomic E-state index is 16.5. The summed E-state index contributed by atoms with van der Waals surface area (Å²) in [6, 6.07) is 2.62. The van der Waals surface area contributed by atoms with E-state index >= 15 is 24.0 Å². The van der Waals surface area contributed by atoms with Crippen molar-refractivity contribution in [2.24, 2.45) is 11.7 Å². The van der Waals surface area contributed by atoms with Crippen molar-refractivity contribution in [1.82, 2.24) is 47.4 Å². The van der Waals surface area contributed by atoms with Crippen LogP contribution in [0.3, 0.4) is 0 Å². The van der Waals surface area contributed by atoms with E-state index in [2.05, 4.69) is 62.3 Å². The third-order valence-corrected chi connectivity index (χ3v) is 21.8. The molecule has 11 bridgehead atoms. The summed E-state index contributed by atoms with van der Waals surface area (Å²) in [5.74, 6) is -16.8.